The van der Waals surface area contributed by atoms with Gasteiger partial charge in [-0.15, -0.1) is 11.3 Å². The summed E-state index contributed by atoms with van der Waals surface area (Å²) in [4.78, 5) is 22.7. The van der Waals surface area contributed by atoms with Crippen molar-refractivity contribution < 1.29 is 9.53 Å². The second-order valence-corrected chi connectivity index (χ2v) is 7.86. The highest BCUT2D eigenvalue weighted by Gasteiger charge is 2.42. The molecule has 23 heavy (non-hydrogen) atoms. The topological polar surface area (TPSA) is 45.7 Å². The minimum atomic E-state index is 0.168. The minimum absolute atomic E-state index is 0.168. The lowest BCUT2D eigenvalue weighted by Crippen LogP contribution is -2.49. The van der Waals surface area contributed by atoms with Crippen molar-refractivity contribution in [3.8, 4) is 0 Å². The summed E-state index contributed by atoms with van der Waals surface area (Å²) in [5.41, 5.74) is 3.07. The predicted molar refractivity (Wildman–Crippen MR) is 91.3 cm³/mol. The molecule has 5 nitrogen and oxygen atoms in total. The summed E-state index contributed by atoms with van der Waals surface area (Å²) >= 11 is 1.74. The Bertz CT molecular complexity index is 548. The van der Waals surface area contributed by atoms with Crippen molar-refractivity contribution in [2.75, 3.05) is 40.4 Å². The van der Waals surface area contributed by atoms with E-state index < -0.39 is 0 Å². The van der Waals surface area contributed by atoms with E-state index in [1.54, 1.807) is 18.4 Å². The molecule has 6 heteroatoms. The molecule has 0 unspecified atom stereocenters. The number of amides is 1. The Balaban J connectivity index is 1.70. The molecule has 1 aromatic rings. The molecule has 0 aromatic carbocycles. The fraction of sp³-hybridized carbons (Fsp3) is 0.765. The van der Waals surface area contributed by atoms with Crippen molar-refractivity contribution in [1.29, 1.82) is 0 Å². The summed E-state index contributed by atoms with van der Waals surface area (Å²) < 4.78 is 5.42. The molecular formula is C17H27N3O2S. The van der Waals surface area contributed by atoms with Gasteiger partial charge in [-0.2, -0.15) is 0 Å². The molecule has 0 bridgehead atoms. The summed E-state index contributed by atoms with van der Waals surface area (Å²) in [5, 5.41) is 0. The smallest absolute Gasteiger partial charge is 0.225 e. The number of ether oxygens (including phenoxy) is 1. The van der Waals surface area contributed by atoms with Crippen LogP contribution < -0.4 is 0 Å². The van der Waals surface area contributed by atoms with Crippen molar-refractivity contribution in [1.82, 2.24) is 14.8 Å². The molecule has 3 rings (SSSR count). The van der Waals surface area contributed by atoms with Gasteiger partial charge >= 0.3 is 0 Å². The summed E-state index contributed by atoms with van der Waals surface area (Å²) in [6.07, 6.45) is 2.06. The number of hydrogen-bond acceptors (Lipinski definition) is 5. The largest absolute Gasteiger partial charge is 0.384 e. The first kappa shape index (κ1) is 16.9. The number of carbonyl (C=O) groups excluding carboxylic acids is 1. The van der Waals surface area contributed by atoms with E-state index in [1.807, 2.05) is 17.5 Å². The van der Waals surface area contributed by atoms with E-state index in [-0.39, 0.29) is 5.92 Å². The maximum absolute atomic E-state index is 12.6. The average Bonchev–Trinajstić information content (AvgIpc) is 2.81. The summed E-state index contributed by atoms with van der Waals surface area (Å²) in [5.74, 6) is 1.43. The number of rotatable bonds is 4. The molecule has 2 aliphatic rings. The molecule has 0 saturated carbocycles. The number of carbonyl (C=O) groups is 1. The molecule has 3 heterocycles. The van der Waals surface area contributed by atoms with Gasteiger partial charge in [0.25, 0.3) is 0 Å². The molecule has 1 aromatic heterocycles. The minimum Gasteiger partial charge on any atom is -0.384 e. The van der Waals surface area contributed by atoms with Crippen molar-refractivity contribution in [3.63, 3.8) is 0 Å². The Morgan fingerprint density at radius 2 is 2.17 bits per heavy atom. The number of piperidine rings is 1. The van der Waals surface area contributed by atoms with E-state index in [1.165, 1.54) is 4.88 Å². The zero-order valence-electron chi connectivity index (χ0n) is 14.3. The number of likely N-dealkylation sites (tertiary alicyclic amines) is 2. The average molecular weight is 337 g/mol. The molecular weight excluding hydrogens is 310 g/mol. The molecule has 2 fully saturated rings. The standard InChI is InChI=1S/C17H27N3O2S/c1-12-16(23-11-18-12)9-20-6-4-14-13(10-22-3)8-19(2)17(21)15(14)5-7-20/h11,13-15H,4-10H2,1-3H3/t13-,14-,15-/m0/s1. The van der Waals surface area contributed by atoms with Crippen LogP contribution in [0.1, 0.15) is 23.4 Å². The van der Waals surface area contributed by atoms with Crippen molar-refractivity contribution in [2.45, 2.75) is 26.3 Å². The van der Waals surface area contributed by atoms with Crippen LogP contribution in [0.5, 0.6) is 0 Å². The highest BCUT2D eigenvalue weighted by molar-refractivity contribution is 7.09. The molecule has 0 aliphatic carbocycles. The molecule has 0 radical (unpaired) electrons. The van der Waals surface area contributed by atoms with Crippen LogP contribution in [0, 0.1) is 24.7 Å². The van der Waals surface area contributed by atoms with Crippen LogP contribution in [0.4, 0.5) is 0 Å². The highest BCUT2D eigenvalue weighted by Crippen LogP contribution is 2.36. The van der Waals surface area contributed by atoms with Crippen LogP contribution in [0.2, 0.25) is 0 Å². The fourth-order valence-electron chi connectivity index (χ4n) is 4.14. The van der Waals surface area contributed by atoms with E-state index in [0.717, 1.165) is 51.3 Å². The molecule has 0 spiro atoms. The van der Waals surface area contributed by atoms with E-state index in [9.17, 15) is 4.79 Å². The lowest BCUT2D eigenvalue weighted by molar-refractivity contribution is -0.143. The van der Waals surface area contributed by atoms with Crippen molar-refractivity contribution >= 4 is 17.2 Å². The van der Waals surface area contributed by atoms with Crippen LogP contribution in [0.15, 0.2) is 5.51 Å². The molecule has 1 amide bonds. The van der Waals surface area contributed by atoms with Crippen LogP contribution in [-0.4, -0.2) is 61.1 Å². The number of aryl methyl sites for hydroxylation is 1. The van der Waals surface area contributed by atoms with Gasteiger partial charge in [-0.1, -0.05) is 0 Å². The summed E-state index contributed by atoms with van der Waals surface area (Å²) in [7, 11) is 3.70. The number of thiazole rings is 1. The van der Waals surface area contributed by atoms with E-state index in [0.29, 0.717) is 17.7 Å². The first-order chi connectivity index (χ1) is 11.1. The van der Waals surface area contributed by atoms with Gasteiger partial charge in [0.05, 0.1) is 17.8 Å². The Labute approximate surface area is 142 Å². The van der Waals surface area contributed by atoms with Gasteiger partial charge in [-0.3, -0.25) is 9.69 Å². The number of methoxy groups -OCH3 is 1. The van der Waals surface area contributed by atoms with E-state index >= 15 is 0 Å². The van der Waals surface area contributed by atoms with Crippen LogP contribution in [0.25, 0.3) is 0 Å². The summed E-state index contributed by atoms with van der Waals surface area (Å²) in [6, 6.07) is 0. The lowest BCUT2D eigenvalue weighted by Gasteiger charge is -2.40. The monoisotopic (exact) mass is 337 g/mol. The van der Waals surface area contributed by atoms with E-state index in [2.05, 4.69) is 16.8 Å². The van der Waals surface area contributed by atoms with Gasteiger partial charge < -0.3 is 9.64 Å². The number of nitrogens with zero attached hydrogens (tertiary/aromatic N) is 3. The first-order valence-corrected chi connectivity index (χ1v) is 9.33. The molecule has 2 aliphatic heterocycles. The zero-order valence-corrected chi connectivity index (χ0v) is 15.1. The fourth-order valence-corrected chi connectivity index (χ4v) is 4.96. The maximum Gasteiger partial charge on any atom is 0.225 e. The van der Waals surface area contributed by atoms with Gasteiger partial charge in [0, 0.05) is 44.0 Å². The number of hydrogen-bond donors (Lipinski definition) is 0. The number of fused-ring (bicyclic) bond motifs is 1. The third-order valence-electron chi connectivity index (χ3n) is 5.45. The Morgan fingerprint density at radius 3 is 2.87 bits per heavy atom. The summed E-state index contributed by atoms with van der Waals surface area (Å²) in [6.45, 7) is 6.70. The van der Waals surface area contributed by atoms with Gasteiger partial charge in [-0.25, -0.2) is 4.98 Å². The highest BCUT2D eigenvalue weighted by atomic mass is 32.1. The van der Waals surface area contributed by atoms with Gasteiger partial charge in [0.1, 0.15) is 0 Å². The quantitative estimate of drug-likeness (QED) is 0.843. The van der Waals surface area contributed by atoms with Crippen molar-refractivity contribution in [3.05, 3.63) is 16.1 Å². The number of aromatic nitrogens is 1. The molecule has 2 saturated heterocycles. The second kappa shape index (κ2) is 7.28. The molecule has 128 valence electrons. The van der Waals surface area contributed by atoms with Gasteiger partial charge in [0.15, 0.2) is 0 Å². The van der Waals surface area contributed by atoms with Crippen LogP contribution >= 0.6 is 11.3 Å². The zero-order chi connectivity index (χ0) is 16.4. The Hall–Kier alpha value is -0.980. The normalized spacial score (nSPS) is 29.4. The van der Waals surface area contributed by atoms with E-state index in [4.69, 9.17) is 4.74 Å². The van der Waals surface area contributed by atoms with Gasteiger partial charge in [0.2, 0.25) is 5.91 Å². The lowest BCUT2D eigenvalue weighted by atomic mass is 9.75. The SMILES string of the molecule is COC[C@@H]1CN(C)C(=O)[C@H]2CCN(Cc3scnc3C)CC[C@@H]12. The second-order valence-electron chi connectivity index (χ2n) is 6.92. The predicted octanol–water partition coefficient (Wildman–Crippen LogP) is 2.01. The molecule has 0 N–H and O–H groups in total. The third-order valence-corrected chi connectivity index (χ3v) is 6.37. The maximum atomic E-state index is 12.6. The van der Waals surface area contributed by atoms with Crippen LogP contribution in [0.3, 0.4) is 0 Å². The first-order valence-electron chi connectivity index (χ1n) is 8.45. The Morgan fingerprint density at radius 1 is 1.39 bits per heavy atom. The molecule has 3 atom stereocenters. The third kappa shape index (κ3) is 3.59. The van der Waals surface area contributed by atoms with Crippen molar-refractivity contribution in [2.24, 2.45) is 17.8 Å². The van der Waals surface area contributed by atoms with Gasteiger partial charge in [-0.05, 0) is 38.8 Å². The van der Waals surface area contributed by atoms with Crippen LogP contribution in [-0.2, 0) is 16.1 Å². The Kier molecular flexibility index (Phi) is 5.34.